The van der Waals surface area contributed by atoms with Crippen LogP contribution in [0.2, 0.25) is 0 Å². The van der Waals surface area contributed by atoms with E-state index in [0.29, 0.717) is 24.0 Å². The lowest BCUT2D eigenvalue weighted by atomic mass is 9.74. The molecule has 0 bridgehead atoms. The minimum atomic E-state index is 0.154. The summed E-state index contributed by atoms with van der Waals surface area (Å²) in [5, 5.41) is 9.56. The Morgan fingerprint density at radius 2 is 1.68 bits per heavy atom. The lowest BCUT2D eigenvalue weighted by Crippen LogP contribution is -2.51. The van der Waals surface area contributed by atoms with Gasteiger partial charge in [0.15, 0.2) is 0 Å². The summed E-state index contributed by atoms with van der Waals surface area (Å²) in [7, 11) is 0. The number of hydrogen-bond acceptors (Lipinski definition) is 3. The number of aromatic hydroxyl groups is 1. The highest BCUT2D eigenvalue weighted by molar-refractivity contribution is 5.83. The van der Waals surface area contributed by atoms with Gasteiger partial charge in [-0.2, -0.15) is 0 Å². The first kappa shape index (κ1) is 16.3. The molecule has 3 heteroatoms. The second-order valence-electron chi connectivity index (χ2n) is 7.39. The van der Waals surface area contributed by atoms with Crippen molar-refractivity contribution in [3.63, 3.8) is 0 Å². The van der Waals surface area contributed by atoms with Crippen molar-refractivity contribution in [1.82, 2.24) is 4.90 Å². The molecule has 1 aliphatic heterocycles. The van der Waals surface area contributed by atoms with Gasteiger partial charge in [-0.3, -0.25) is 9.69 Å². The number of fused-ring (bicyclic) bond motifs is 1. The van der Waals surface area contributed by atoms with Crippen LogP contribution in [0.5, 0.6) is 5.75 Å². The fourth-order valence-corrected chi connectivity index (χ4v) is 4.60. The highest BCUT2D eigenvalue weighted by atomic mass is 16.3. The Labute approximate surface area is 149 Å². The van der Waals surface area contributed by atoms with Crippen LogP contribution in [0.4, 0.5) is 0 Å². The van der Waals surface area contributed by atoms with Crippen molar-refractivity contribution in [1.29, 1.82) is 0 Å². The van der Waals surface area contributed by atoms with Crippen LogP contribution < -0.4 is 0 Å². The molecule has 1 saturated carbocycles. The number of piperidine rings is 1. The van der Waals surface area contributed by atoms with E-state index >= 15 is 0 Å². The Balaban J connectivity index is 1.67. The summed E-state index contributed by atoms with van der Waals surface area (Å²) in [4.78, 5) is 15.3. The second kappa shape index (κ2) is 7.01. The molecule has 0 spiro atoms. The molecular formula is C22H25NO2. The molecular weight excluding hydrogens is 310 g/mol. The van der Waals surface area contributed by atoms with Crippen LogP contribution in [0.15, 0.2) is 54.6 Å². The maximum Gasteiger partial charge on any atom is 0.139 e. The molecule has 3 atom stereocenters. The summed E-state index contributed by atoms with van der Waals surface area (Å²) in [5.74, 6) is 0.944. The molecule has 25 heavy (non-hydrogen) atoms. The predicted molar refractivity (Wildman–Crippen MR) is 98.2 cm³/mol. The summed E-state index contributed by atoms with van der Waals surface area (Å²) in [6.45, 7) is 0.828. The monoisotopic (exact) mass is 335 g/mol. The van der Waals surface area contributed by atoms with E-state index in [-0.39, 0.29) is 12.0 Å². The van der Waals surface area contributed by atoms with E-state index in [2.05, 4.69) is 29.2 Å². The molecule has 1 N–H and O–H groups in total. The van der Waals surface area contributed by atoms with Gasteiger partial charge in [-0.15, -0.1) is 0 Å². The van der Waals surface area contributed by atoms with Crippen molar-refractivity contribution in [2.45, 2.75) is 50.7 Å². The number of benzene rings is 2. The molecule has 2 fully saturated rings. The van der Waals surface area contributed by atoms with Crippen molar-refractivity contribution >= 4 is 5.78 Å². The van der Waals surface area contributed by atoms with Crippen molar-refractivity contribution in [3.05, 3.63) is 65.7 Å². The molecule has 1 aliphatic carbocycles. The fraction of sp³-hybridized carbons (Fsp3) is 0.409. The number of ketones is 1. The number of rotatable bonds is 3. The minimum absolute atomic E-state index is 0.154. The van der Waals surface area contributed by atoms with Crippen LogP contribution in [0.25, 0.3) is 0 Å². The molecule has 0 aromatic heterocycles. The van der Waals surface area contributed by atoms with Gasteiger partial charge in [0, 0.05) is 31.0 Å². The van der Waals surface area contributed by atoms with Gasteiger partial charge < -0.3 is 5.11 Å². The number of phenols is 1. The summed E-state index contributed by atoms with van der Waals surface area (Å²) in [6.07, 6.45) is 5.15. The summed E-state index contributed by atoms with van der Waals surface area (Å²) < 4.78 is 0. The lowest BCUT2D eigenvalue weighted by molar-refractivity contribution is -0.134. The second-order valence-corrected chi connectivity index (χ2v) is 7.39. The molecule has 1 saturated heterocycles. The number of nitrogens with zero attached hydrogens (tertiary/aromatic N) is 1. The number of Topliss-reactive ketones (excluding diaryl/α,β-unsaturated/α-hetero) is 1. The average Bonchev–Trinajstić information content (AvgIpc) is 2.66. The van der Waals surface area contributed by atoms with E-state index in [1.807, 2.05) is 18.2 Å². The van der Waals surface area contributed by atoms with Crippen LogP contribution >= 0.6 is 0 Å². The Hall–Kier alpha value is -2.13. The zero-order chi connectivity index (χ0) is 17.2. The third kappa shape index (κ3) is 3.34. The lowest BCUT2D eigenvalue weighted by Gasteiger charge is -2.48. The third-order valence-electron chi connectivity index (χ3n) is 5.85. The van der Waals surface area contributed by atoms with Crippen LogP contribution in [0, 0.1) is 5.92 Å². The fourth-order valence-electron chi connectivity index (χ4n) is 4.60. The van der Waals surface area contributed by atoms with Gasteiger partial charge >= 0.3 is 0 Å². The smallest absolute Gasteiger partial charge is 0.139 e. The summed E-state index contributed by atoms with van der Waals surface area (Å²) in [5.41, 5.74) is 2.43. The van der Waals surface area contributed by atoms with E-state index in [9.17, 15) is 9.90 Å². The van der Waals surface area contributed by atoms with Crippen molar-refractivity contribution in [2.24, 2.45) is 5.92 Å². The number of hydrogen-bond donors (Lipinski definition) is 1. The molecule has 2 aliphatic rings. The van der Waals surface area contributed by atoms with Gasteiger partial charge in [0.2, 0.25) is 0 Å². The molecule has 1 heterocycles. The minimum Gasteiger partial charge on any atom is -0.508 e. The van der Waals surface area contributed by atoms with Crippen LogP contribution in [0.3, 0.4) is 0 Å². The molecule has 0 amide bonds. The van der Waals surface area contributed by atoms with Crippen LogP contribution in [-0.4, -0.2) is 21.8 Å². The third-order valence-corrected chi connectivity index (χ3v) is 5.85. The first-order valence-electron chi connectivity index (χ1n) is 9.33. The van der Waals surface area contributed by atoms with E-state index < -0.39 is 0 Å². The van der Waals surface area contributed by atoms with E-state index in [1.54, 1.807) is 12.1 Å². The van der Waals surface area contributed by atoms with Crippen molar-refractivity contribution < 1.29 is 9.90 Å². The molecule has 2 aromatic rings. The standard InChI is InChI=1S/C22H25NO2/c24-18-12-10-16(11-13-18)15-23-20-9-5-4-8-19(20)22(25)14-21(23)17-6-2-1-3-7-17/h1-3,6-7,10-13,19-21,24H,4-5,8-9,14-15H2/t19-,20-,21-/m0/s1. The molecule has 0 radical (unpaired) electrons. The normalized spacial score (nSPS) is 27.0. The number of phenolic OH excluding ortho intramolecular Hbond substituents is 1. The molecule has 4 rings (SSSR count). The maximum atomic E-state index is 12.8. The van der Waals surface area contributed by atoms with Gasteiger partial charge in [0.05, 0.1) is 0 Å². The SMILES string of the molecule is O=C1C[C@@H](c2ccccc2)N(Cc2ccc(O)cc2)[C@H]2CCCC[C@H]12. The molecule has 3 nitrogen and oxygen atoms in total. The molecule has 0 unspecified atom stereocenters. The Morgan fingerprint density at radius 1 is 0.960 bits per heavy atom. The summed E-state index contributed by atoms with van der Waals surface area (Å²) >= 11 is 0. The zero-order valence-electron chi connectivity index (χ0n) is 14.5. The number of carbonyl (C=O) groups excluding carboxylic acids is 1. The Kier molecular flexibility index (Phi) is 4.58. The van der Waals surface area contributed by atoms with Gasteiger partial charge in [0.25, 0.3) is 0 Å². The molecule has 130 valence electrons. The predicted octanol–water partition coefficient (Wildman–Crippen LogP) is 4.47. The van der Waals surface area contributed by atoms with Gasteiger partial charge in [0.1, 0.15) is 11.5 Å². The molecule has 2 aromatic carbocycles. The van der Waals surface area contributed by atoms with Gasteiger partial charge in [-0.1, -0.05) is 55.3 Å². The quantitative estimate of drug-likeness (QED) is 0.900. The van der Waals surface area contributed by atoms with Crippen LogP contribution in [-0.2, 0) is 11.3 Å². The summed E-state index contributed by atoms with van der Waals surface area (Å²) in [6, 6.07) is 18.4. The average molecular weight is 335 g/mol. The van der Waals surface area contributed by atoms with Crippen molar-refractivity contribution in [3.8, 4) is 5.75 Å². The first-order chi connectivity index (χ1) is 12.2. The van der Waals surface area contributed by atoms with E-state index in [0.717, 1.165) is 19.4 Å². The van der Waals surface area contributed by atoms with E-state index in [4.69, 9.17) is 0 Å². The Bertz CT molecular complexity index is 725. The largest absolute Gasteiger partial charge is 0.508 e. The maximum absolute atomic E-state index is 12.8. The van der Waals surface area contributed by atoms with Gasteiger partial charge in [-0.05, 0) is 36.1 Å². The highest BCUT2D eigenvalue weighted by Gasteiger charge is 2.43. The van der Waals surface area contributed by atoms with Crippen molar-refractivity contribution in [2.75, 3.05) is 0 Å². The zero-order valence-corrected chi connectivity index (χ0v) is 14.5. The first-order valence-corrected chi connectivity index (χ1v) is 9.33. The number of carbonyl (C=O) groups is 1. The van der Waals surface area contributed by atoms with Gasteiger partial charge in [-0.25, -0.2) is 0 Å². The highest BCUT2D eigenvalue weighted by Crippen LogP contribution is 2.42. The van der Waals surface area contributed by atoms with E-state index in [1.165, 1.54) is 24.0 Å². The van der Waals surface area contributed by atoms with Crippen LogP contribution in [0.1, 0.15) is 49.3 Å². The Morgan fingerprint density at radius 3 is 2.44 bits per heavy atom. The topological polar surface area (TPSA) is 40.5 Å². The number of likely N-dealkylation sites (tertiary alicyclic amines) is 1.